The Kier molecular flexibility index (Phi) is 7.33. The first-order valence-corrected chi connectivity index (χ1v) is 12.9. The molecule has 0 radical (unpaired) electrons. The van der Waals surface area contributed by atoms with Crippen molar-refractivity contribution in [3.63, 3.8) is 0 Å². The Balaban J connectivity index is 1.62. The maximum Gasteiger partial charge on any atom is 0.416 e. The molecule has 1 N–H and O–H groups in total. The SMILES string of the molecule is CCN1C(=O)N(c2cccc(CN3CCCC3CO)c2)C(=O)N(c2ccccc2)c2cc(C(F)(F)F)ccc21. The van der Waals surface area contributed by atoms with Crippen LogP contribution >= 0.6 is 0 Å². The fourth-order valence-corrected chi connectivity index (χ4v) is 5.31. The number of para-hydroxylation sites is 1. The minimum absolute atomic E-state index is 0.0299. The molecule has 7 nitrogen and oxygen atoms in total. The van der Waals surface area contributed by atoms with Crippen LogP contribution in [0.1, 0.15) is 30.9 Å². The van der Waals surface area contributed by atoms with Gasteiger partial charge in [-0.2, -0.15) is 13.2 Å². The molecule has 2 aliphatic heterocycles. The van der Waals surface area contributed by atoms with Crippen molar-refractivity contribution in [2.45, 2.75) is 38.5 Å². The molecule has 5 rings (SSSR count). The van der Waals surface area contributed by atoms with Gasteiger partial charge in [0.15, 0.2) is 0 Å². The number of imide groups is 1. The molecule has 0 aliphatic carbocycles. The van der Waals surface area contributed by atoms with E-state index in [2.05, 4.69) is 4.90 Å². The number of alkyl halides is 3. The number of aliphatic hydroxyl groups excluding tert-OH is 1. The lowest BCUT2D eigenvalue weighted by molar-refractivity contribution is -0.137. The predicted molar refractivity (Wildman–Crippen MR) is 143 cm³/mol. The fourth-order valence-electron chi connectivity index (χ4n) is 5.31. The highest BCUT2D eigenvalue weighted by Crippen LogP contribution is 2.43. The first-order chi connectivity index (χ1) is 18.7. The summed E-state index contributed by atoms with van der Waals surface area (Å²) in [4.78, 5) is 33.7. The summed E-state index contributed by atoms with van der Waals surface area (Å²) in [6.07, 6.45) is -2.76. The van der Waals surface area contributed by atoms with E-state index in [1.165, 1.54) is 11.0 Å². The molecule has 1 unspecified atom stereocenters. The second kappa shape index (κ2) is 10.7. The molecule has 2 aliphatic rings. The lowest BCUT2D eigenvalue weighted by atomic mass is 10.1. The highest BCUT2D eigenvalue weighted by atomic mass is 19.4. The standard InChI is InChI=1S/C29H29F3N4O3/c1-2-34-25-14-13-21(29(30,31)32)17-26(25)35(22-9-4-3-5-10-22)28(39)36(27(34)38)23-11-6-8-20(16-23)18-33-15-7-12-24(33)19-37/h3-6,8-11,13-14,16-17,24,37H,2,7,12,15,18-19H2,1H3. The molecule has 0 saturated carbocycles. The number of benzene rings is 3. The van der Waals surface area contributed by atoms with Crippen molar-refractivity contribution in [3.05, 3.63) is 83.9 Å². The number of hydrogen-bond donors (Lipinski definition) is 1. The van der Waals surface area contributed by atoms with Gasteiger partial charge in [0.1, 0.15) is 0 Å². The monoisotopic (exact) mass is 538 g/mol. The van der Waals surface area contributed by atoms with E-state index in [4.69, 9.17) is 0 Å². The van der Waals surface area contributed by atoms with Crippen LogP contribution in [0, 0.1) is 0 Å². The maximum absolute atomic E-state index is 14.2. The maximum atomic E-state index is 14.2. The van der Waals surface area contributed by atoms with Gasteiger partial charge in [0.05, 0.1) is 34.9 Å². The number of hydrogen-bond acceptors (Lipinski definition) is 4. The quantitative estimate of drug-likeness (QED) is 0.395. The third kappa shape index (κ3) is 5.09. The normalized spacial score (nSPS) is 18.5. The van der Waals surface area contributed by atoms with Crippen molar-refractivity contribution in [2.24, 2.45) is 0 Å². The summed E-state index contributed by atoms with van der Waals surface area (Å²) >= 11 is 0. The summed E-state index contributed by atoms with van der Waals surface area (Å²) in [5.41, 5.74) is 0.747. The zero-order chi connectivity index (χ0) is 27.7. The minimum atomic E-state index is -4.64. The van der Waals surface area contributed by atoms with Gasteiger partial charge in [0.2, 0.25) is 0 Å². The molecule has 2 heterocycles. The van der Waals surface area contributed by atoms with Crippen LogP contribution in [0.3, 0.4) is 0 Å². The van der Waals surface area contributed by atoms with Gasteiger partial charge >= 0.3 is 18.2 Å². The number of carbonyl (C=O) groups is 2. The third-order valence-corrected chi connectivity index (χ3v) is 7.23. The van der Waals surface area contributed by atoms with Gasteiger partial charge in [-0.15, -0.1) is 0 Å². The molecule has 3 aromatic carbocycles. The summed E-state index contributed by atoms with van der Waals surface area (Å²) in [5, 5.41) is 9.70. The van der Waals surface area contributed by atoms with Crippen molar-refractivity contribution in [1.29, 1.82) is 0 Å². The first kappa shape index (κ1) is 26.7. The Morgan fingerprint density at radius 3 is 2.31 bits per heavy atom. The van der Waals surface area contributed by atoms with Crippen LogP contribution in [0.25, 0.3) is 0 Å². The molecule has 0 bridgehead atoms. The number of halogens is 3. The van der Waals surface area contributed by atoms with Gasteiger partial charge in [0, 0.05) is 19.1 Å². The van der Waals surface area contributed by atoms with Crippen LogP contribution in [0.4, 0.5) is 45.5 Å². The van der Waals surface area contributed by atoms with E-state index in [0.29, 0.717) is 17.9 Å². The third-order valence-electron chi connectivity index (χ3n) is 7.23. The second-order valence-electron chi connectivity index (χ2n) is 9.64. The van der Waals surface area contributed by atoms with E-state index < -0.39 is 23.8 Å². The average Bonchev–Trinajstić information content (AvgIpc) is 3.34. The fraction of sp³-hybridized carbons (Fsp3) is 0.310. The summed E-state index contributed by atoms with van der Waals surface area (Å²) in [6.45, 7) is 3.26. The number of carbonyl (C=O) groups excluding carboxylic acids is 2. The van der Waals surface area contributed by atoms with Crippen LogP contribution < -0.4 is 14.7 Å². The van der Waals surface area contributed by atoms with E-state index in [1.54, 1.807) is 55.5 Å². The van der Waals surface area contributed by atoms with Gasteiger partial charge in [0.25, 0.3) is 0 Å². The largest absolute Gasteiger partial charge is 0.416 e. The lowest BCUT2D eigenvalue weighted by Crippen LogP contribution is -2.48. The Morgan fingerprint density at radius 1 is 0.872 bits per heavy atom. The molecular formula is C29H29F3N4O3. The molecule has 39 heavy (non-hydrogen) atoms. The van der Waals surface area contributed by atoms with E-state index >= 15 is 0 Å². The van der Waals surface area contributed by atoms with Gasteiger partial charge in [-0.05, 0) is 74.3 Å². The highest BCUT2D eigenvalue weighted by molar-refractivity contribution is 6.28. The Bertz CT molecular complexity index is 1370. The van der Waals surface area contributed by atoms with Gasteiger partial charge in [-0.1, -0.05) is 30.3 Å². The Labute approximate surface area is 224 Å². The number of fused-ring (bicyclic) bond motifs is 1. The topological polar surface area (TPSA) is 67.3 Å². The Morgan fingerprint density at radius 2 is 1.62 bits per heavy atom. The van der Waals surface area contributed by atoms with E-state index in [-0.39, 0.29) is 30.6 Å². The summed E-state index contributed by atoms with van der Waals surface area (Å²) in [7, 11) is 0. The molecule has 0 spiro atoms. The van der Waals surface area contributed by atoms with Gasteiger partial charge in [-0.3, -0.25) is 14.7 Å². The molecule has 204 valence electrons. The second-order valence-corrected chi connectivity index (χ2v) is 9.64. The number of rotatable bonds is 6. The van der Waals surface area contributed by atoms with Crippen LogP contribution in [0.2, 0.25) is 0 Å². The molecule has 1 atom stereocenters. The van der Waals surface area contributed by atoms with Crippen LogP contribution in [-0.4, -0.2) is 47.8 Å². The molecule has 1 fully saturated rings. The van der Waals surface area contributed by atoms with E-state index in [9.17, 15) is 27.9 Å². The van der Waals surface area contributed by atoms with Crippen molar-refractivity contribution in [2.75, 3.05) is 34.4 Å². The van der Waals surface area contributed by atoms with Gasteiger partial charge < -0.3 is 5.11 Å². The summed E-state index contributed by atoms with van der Waals surface area (Å²) < 4.78 is 41.2. The molecule has 0 aromatic heterocycles. The first-order valence-electron chi connectivity index (χ1n) is 12.9. The van der Waals surface area contributed by atoms with Crippen LogP contribution in [0.5, 0.6) is 0 Å². The zero-order valence-corrected chi connectivity index (χ0v) is 21.4. The van der Waals surface area contributed by atoms with Crippen molar-refractivity contribution < 1.29 is 27.9 Å². The lowest BCUT2D eigenvalue weighted by Gasteiger charge is -2.28. The summed E-state index contributed by atoms with van der Waals surface area (Å²) in [6, 6.07) is 17.0. The van der Waals surface area contributed by atoms with Crippen LogP contribution in [-0.2, 0) is 12.7 Å². The predicted octanol–water partition coefficient (Wildman–Crippen LogP) is 6.39. The van der Waals surface area contributed by atoms with Crippen molar-refractivity contribution in [3.8, 4) is 0 Å². The minimum Gasteiger partial charge on any atom is -0.395 e. The molecule has 4 amide bonds. The highest BCUT2D eigenvalue weighted by Gasteiger charge is 2.41. The average molecular weight is 539 g/mol. The number of amides is 4. The number of nitrogens with zero attached hydrogens (tertiary/aromatic N) is 4. The zero-order valence-electron chi connectivity index (χ0n) is 21.4. The molecular weight excluding hydrogens is 509 g/mol. The van der Waals surface area contributed by atoms with Gasteiger partial charge in [-0.25, -0.2) is 14.5 Å². The van der Waals surface area contributed by atoms with E-state index in [0.717, 1.165) is 46.9 Å². The number of anilines is 4. The number of urea groups is 2. The molecule has 3 aromatic rings. The Hall–Kier alpha value is -3.89. The molecule has 1 saturated heterocycles. The van der Waals surface area contributed by atoms with Crippen molar-refractivity contribution >= 4 is 34.8 Å². The number of aliphatic hydroxyl groups is 1. The molecule has 10 heteroatoms. The smallest absolute Gasteiger partial charge is 0.395 e. The van der Waals surface area contributed by atoms with E-state index in [1.807, 2.05) is 6.07 Å². The van der Waals surface area contributed by atoms with Crippen LogP contribution in [0.15, 0.2) is 72.8 Å². The summed E-state index contributed by atoms with van der Waals surface area (Å²) in [5.74, 6) is 0. The number of likely N-dealkylation sites (tertiary alicyclic amines) is 1. The van der Waals surface area contributed by atoms with Crippen molar-refractivity contribution in [1.82, 2.24) is 4.90 Å².